The van der Waals surface area contributed by atoms with Crippen molar-refractivity contribution in [2.75, 3.05) is 11.2 Å². The zero-order valence-corrected chi connectivity index (χ0v) is 13.0. The van der Waals surface area contributed by atoms with E-state index < -0.39 is 0 Å². The quantitative estimate of drug-likeness (QED) is 0.336. The first-order valence-corrected chi connectivity index (χ1v) is 6.87. The van der Waals surface area contributed by atoms with Crippen molar-refractivity contribution >= 4 is 24.5 Å². The van der Waals surface area contributed by atoms with Crippen LogP contribution in [0.15, 0.2) is 53.9 Å². The molecule has 0 saturated heterocycles. The van der Waals surface area contributed by atoms with E-state index in [-0.39, 0.29) is 12.4 Å². The summed E-state index contributed by atoms with van der Waals surface area (Å²) in [6, 6.07) is 12.1. The number of hydrogen-bond donors (Lipinski definition) is 2. The van der Waals surface area contributed by atoms with Gasteiger partial charge >= 0.3 is 0 Å². The molecule has 0 bridgehead atoms. The Hall–Kier alpha value is -1.52. The number of nitrogens with zero attached hydrogens (tertiary/aromatic N) is 2. The molecule has 0 aliphatic heterocycles. The van der Waals surface area contributed by atoms with Crippen molar-refractivity contribution in [3.8, 4) is 0 Å². The Bertz CT molecular complexity index is 555. The number of rotatable bonds is 5. The van der Waals surface area contributed by atoms with Gasteiger partial charge in [0.2, 0.25) is 0 Å². The lowest BCUT2D eigenvalue weighted by Crippen LogP contribution is -3.00. The SMILES string of the molecule is Cc1ccccc1NN=Cc1cc[n+](CCS)cc1.[Cl-]. The lowest BCUT2D eigenvalue weighted by atomic mass is 10.2. The molecule has 0 aliphatic carbocycles. The first kappa shape index (κ1) is 16.5. The second-order valence-electron chi connectivity index (χ2n) is 4.28. The fraction of sp³-hybridized carbons (Fsp3) is 0.200. The molecule has 0 spiro atoms. The minimum absolute atomic E-state index is 0. The molecule has 0 fully saturated rings. The van der Waals surface area contributed by atoms with E-state index in [4.69, 9.17) is 0 Å². The number of thiol groups is 1. The fourth-order valence-electron chi connectivity index (χ4n) is 1.69. The molecule has 0 amide bonds. The van der Waals surface area contributed by atoms with Gasteiger partial charge in [-0.3, -0.25) is 5.43 Å². The van der Waals surface area contributed by atoms with Gasteiger partial charge in [-0.1, -0.05) is 18.2 Å². The van der Waals surface area contributed by atoms with Gasteiger partial charge in [-0.2, -0.15) is 17.7 Å². The van der Waals surface area contributed by atoms with Crippen molar-refractivity contribution in [3.63, 3.8) is 0 Å². The van der Waals surface area contributed by atoms with Gasteiger partial charge in [0.05, 0.1) is 11.9 Å². The smallest absolute Gasteiger partial charge is 0.169 e. The van der Waals surface area contributed by atoms with Crippen LogP contribution in [0.1, 0.15) is 11.1 Å². The number of anilines is 1. The van der Waals surface area contributed by atoms with Crippen LogP contribution in [0.25, 0.3) is 0 Å². The third-order valence-corrected chi connectivity index (χ3v) is 3.02. The minimum Gasteiger partial charge on any atom is -1.00 e. The van der Waals surface area contributed by atoms with E-state index in [1.165, 1.54) is 5.56 Å². The van der Waals surface area contributed by atoms with Crippen molar-refractivity contribution in [2.45, 2.75) is 13.5 Å². The number of aryl methyl sites for hydroxylation is 2. The zero-order valence-electron chi connectivity index (χ0n) is 11.3. The van der Waals surface area contributed by atoms with E-state index in [9.17, 15) is 0 Å². The zero-order chi connectivity index (χ0) is 13.5. The number of para-hydroxylation sites is 1. The molecule has 1 heterocycles. The summed E-state index contributed by atoms with van der Waals surface area (Å²) in [6.07, 6.45) is 5.88. The van der Waals surface area contributed by atoms with Crippen LogP contribution < -0.4 is 22.4 Å². The van der Waals surface area contributed by atoms with Gasteiger partial charge in [-0.25, -0.2) is 4.57 Å². The van der Waals surface area contributed by atoms with Crippen LogP contribution in [0.3, 0.4) is 0 Å². The van der Waals surface area contributed by atoms with Crippen molar-refractivity contribution in [2.24, 2.45) is 5.10 Å². The molecule has 1 N–H and O–H groups in total. The van der Waals surface area contributed by atoms with Crippen molar-refractivity contribution in [1.82, 2.24) is 0 Å². The Morgan fingerprint density at radius 1 is 1.20 bits per heavy atom. The molecule has 0 aliphatic rings. The number of benzene rings is 1. The summed E-state index contributed by atoms with van der Waals surface area (Å²) in [5.41, 5.74) is 6.33. The van der Waals surface area contributed by atoms with Gasteiger partial charge in [-0.15, -0.1) is 0 Å². The van der Waals surface area contributed by atoms with Gasteiger partial charge in [0.15, 0.2) is 18.9 Å². The highest BCUT2D eigenvalue weighted by molar-refractivity contribution is 7.80. The van der Waals surface area contributed by atoms with Crippen LogP contribution in [-0.2, 0) is 6.54 Å². The molecule has 20 heavy (non-hydrogen) atoms. The highest BCUT2D eigenvalue weighted by Gasteiger charge is 1.97. The van der Waals surface area contributed by atoms with Crippen LogP contribution in [-0.4, -0.2) is 12.0 Å². The van der Waals surface area contributed by atoms with Gasteiger partial charge in [0.1, 0.15) is 0 Å². The van der Waals surface area contributed by atoms with Crippen LogP contribution in [0.2, 0.25) is 0 Å². The number of pyridine rings is 1. The normalized spacial score (nSPS) is 10.3. The van der Waals surface area contributed by atoms with Crippen LogP contribution in [0.4, 0.5) is 5.69 Å². The molecule has 1 aromatic heterocycles. The molecular weight excluding hydrogens is 290 g/mol. The van der Waals surface area contributed by atoms with Crippen molar-refractivity contribution in [1.29, 1.82) is 0 Å². The number of hydrogen-bond acceptors (Lipinski definition) is 3. The van der Waals surface area contributed by atoms with Crippen LogP contribution >= 0.6 is 12.6 Å². The van der Waals surface area contributed by atoms with Crippen LogP contribution in [0, 0.1) is 6.92 Å². The van der Waals surface area contributed by atoms with E-state index >= 15 is 0 Å². The largest absolute Gasteiger partial charge is 1.00 e. The molecule has 3 nitrogen and oxygen atoms in total. The van der Waals surface area contributed by atoms with Gasteiger partial charge in [-0.05, 0) is 18.6 Å². The molecule has 2 rings (SSSR count). The molecular formula is C15H18ClN3S. The Balaban J connectivity index is 0.00000200. The average Bonchev–Trinajstić information content (AvgIpc) is 2.43. The monoisotopic (exact) mass is 307 g/mol. The Labute approximate surface area is 131 Å². The maximum atomic E-state index is 4.25. The summed E-state index contributed by atoms with van der Waals surface area (Å²) in [4.78, 5) is 0. The number of aromatic nitrogens is 1. The molecule has 106 valence electrons. The molecule has 0 saturated carbocycles. The second kappa shape index (κ2) is 8.61. The first-order valence-electron chi connectivity index (χ1n) is 6.24. The Morgan fingerprint density at radius 3 is 2.55 bits per heavy atom. The summed E-state index contributed by atoms with van der Waals surface area (Å²) in [7, 11) is 0. The maximum Gasteiger partial charge on any atom is 0.169 e. The molecule has 2 aromatic rings. The second-order valence-corrected chi connectivity index (χ2v) is 4.73. The highest BCUT2D eigenvalue weighted by Crippen LogP contribution is 2.12. The number of nitrogens with one attached hydrogen (secondary N) is 1. The maximum absolute atomic E-state index is 4.25. The van der Waals surface area contributed by atoms with E-state index in [1.807, 2.05) is 48.9 Å². The highest BCUT2D eigenvalue weighted by atomic mass is 35.5. The molecule has 0 radical (unpaired) electrons. The molecule has 1 aromatic carbocycles. The number of halogens is 1. The van der Waals surface area contributed by atoms with E-state index in [0.29, 0.717) is 0 Å². The molecule has 0 unspecified atom stereocenters. The first-order chi connectivity index (χ1) is 9.29. The van der Waals surface area contributed by atoms with Gasteiger partial charge in [0, 0.05) is 23.4 Å². The third-order valence-electron chi connectivity index (χ3n) is 2.82. The summed E-state index contributed by atoms with van der Waals surface area (Å²) in [5.74, 6) is 0.840. The number of hydrazone groups is 1. The van der Waals surface area contributed by atoms with E-state index in [0.717, 1.165) is 23.5 Å². The fourth-order valence-corrected chi connectivity index (χ4v) is 1.93. The molecule has 0 atom stereocenters. The summed E-state index contributed by atoms with van der Waals surface area (Å²) < 4.78 is 2.10. The van der Waals surface area contributed by atoms with Crippen molar-refractivity contribution < 1.29 is 17.0 Å². The van der Waals surface area contributed by atoms with Crippen LogP contribution in [0.5, 0.6) is 0 Å². The lowest BCUT2D eigenvalue weighted by molar-refractivity contribution is -0.692. The Kier molecular flexibility index (Phi) is 7.12. The van der Waals surface area contributed by atoms with Crippen molar-refractivity contribution in [3.05, 3.63) is 59.9 Å². The van der Waals surface area contributed by atoms with E-state index in [1.54, 1.807) is 0 Å². The summed E-state index contributed by atoms with van der Waals surface area (Å²) in [6.45, 7) is 2.97. The predicted octanol–water partition coefficient (Wildman–Crippen LogP) is -0.338. The standard InChI is InChI=1S/C15H17N3S.ClH/c1-13-4-2-3-5-15(13)17-16-12-14-6-8-18(9-7-14)10-11-19;/h2-9,12,19H,10-11H2,1H3;1H. The summed E-state index contributed by atoms with van der Waals surface area (Å²) >= 11 is 4.21. The Morgan fingerprint density at radius 2 is 1.90 bits per heavy atom. The minimum atomic E-state index is 0. The van der Waals surface area contributed by atoms with Gasteiger partial charge < -0.3 is 12.4 Å². The van der Waals surface area contributed by atoms with Gasteiger partial charge in [0.25, 0.3) is 0 Å². The average molecular weight is 308 g/mol. The topological polar surface area (TPSA) is 28.3 Å². The summed E-state index contributed by atoms with van der Waals surface area (Å²) in [5, 5.41) is 4.25. The molecule has 5 heteroatoms. The third kappa shape index (κ3) is 4.87. The lowest BCUT2D eigenvalue weighted by Gasteiger charge is -2.03. The predicted molar refractivity (Wildman–Crippen MR) is 82.9 cm³/mol. The van der Waals surface area contributed by atoms with E-state index in [2.05, 4.69) is 40.7 Å².